The second-order valence-electron chi connectivity index (χ2n) is 12.3. The van der Waals surface area contributed by atoms with E-state index in [4.69, 9.17) is 4.74 Å². The molecule has 0 aromatic heterocycles. The summed E-state index contributed by atoms with van der Waals surface area (Å²) in [4.78, 5) is 49.2. The van der Waals surface area contributed by atoms with E-state index in [1.807, 2.05) is 63.2 Å². The van der Waals surface area contributed by atoms with Gasteiger partial charge < -0.3 is 24.5 Å². The predicted octanol–water partition coefficient (Wildman–Crippen LogP) is 5.16. The van der Waals surface area contributed by atoms with Crippen molar-refractivity contribution in [2.45, 2.75) is 56.6 Å². The first kappa shape index (κ1) is 32.8. The van der Waals surface area contributed by atoms with Crippen LogP contribution in [0.4, 0.5) is 11.4 Å². The van der Waals surface area contributed by atoms with E-state index in [1.54, 1.807) is 38.6 Å². The molecule has 5 rings (SSSR count). The number of amides is 3. The zero-order valence-electron chi connectivity index (χ0n) is 26.8. The molecule has 3 fully saturated rings. The molecule has 1 spiro atoms. The van der Waals surface area contributed by atoms with Crippen LogP contribution in [0.25, 0.3) is 0 Å². The molecule has 9 heteroatoms. The lowest BCUT2D eigenvalue weighted by atomic mass is 9.65. The van der Waals surface area contributed by atoms with Crippen LogP contribution in [0.15, 0.2) is 67.8 Å². The largest absolute Gasteiger partial charge is 0.494 e. The summed E-state index contributed by atoms with van der Waals surface area (Å²) < 4.78 is 4.83. The number of aliphatic hydroxyl groups excluding tert-OH is 1. The van der Waals surface area contributed by atoms with E-state index in [0.717, 1.165) is 29.0 Å². The maximum absolute atomic E-state index is 14.9. The number of para-hydroxylation sites is 1. The molecule has 3 amide bonds. The lowest BCUT2D eigenvalue weighted by Crippen LogP contribution is -2.58. The van der Waals surface area contributed by atoms with Crippen LogP contribution in [0.3, 0.4) is 0 Å². The number of carbonyl (C=O) groups excluding carboxylic acids is 3. The second kappa shape index (κ2) is 13.4. The summed E-state index contributed by atoms with van der Waals surface area (Å²) >= 11 is 1.66. The molecule has 3 saturated heterocycles. The number of ether oxygens (including phenoxy) is 1. The monoisotopic (exact) mass is 631 g/mol. The van der Waals surface area contributed by atoms with E-state index in [0.29, 0.717) is 31.8 Å². The number of nitrogens with zero attached hydrogens (tertiary/aromatic N) is 3. The van der Waals surface area contributed by atoms with Gasteiger partial charge in [-0.2, -0.15) is 0 Å². The molecule has 2 aromatic rings. The van der Waals surface area contributed by atoms with E-state index in [1.165, 1.54) is 0 Å². The number of fused-ring (bicyclic) bond motifs is 1. The maximum atomic E-state index is 14.9. The Bertz CT molecular complexity index is 1440. The third kappa shape index (κ3) is 5.48. The van der Waals surface area contributed by atoms with Crippen LogP contribution in [-0.4, -0.2) is 76.6 Å². The number of hydrogen-bond donors (Lipinski definition) is 1. The standard InChI is InChI=1S/C36H45N3O5S/c1-7-18-37(26-14-16-27(17-15-26)44-9-3)33(41)29-28-22-25(6)36(45-28)30(29)34(42)39(20-11-21-40)32(36)35(43)38(19-8-2)31-23(4)12-10-13-24(31)5/h7-8,10,12-17,25,28-30,32,40H,1-2,9,11,18-22H2,3-6H3/t25?,28-,29+,30-,32?,36?/m0/s1. The van der Waals surface area contributed by atoms with Crippen LogP contribution < -0.4 is 14.5 Å². The Hall–Kier alpha value is -3.56. The smallest absolute Gasteiger partial charge is 0.251 e. The zero-order chi connectivity index (χ0) is 32.5. The van der Waals surface area contributed by atoms with Gasteiger partial charge in [0.05, 0.1) is 23.2 Å². The average molecular weight is 632 g/mol. The fourth-order valence-corrected chi connectivity index (χ4v) is 10.3. The average Bonchev–Trinajstić information content (AvgIpc) is 3.61. The van der Waals surface area contributed by atoms with Crippen molar-refractivity contribution in [3.63, 3.8) is 0 Å². The third-order valence-electron chi connectivity index (χ3n) is 9.65. The minimum absolute atomic E-state index is 0.0282. The molecule has 3 aliphatic rings. The third-order valence-corrected chi connectivity index (χ3v) is 11.7. The maximum Gasteiger partial charge on any atom is 0.251 e. The van der Waals surface area contributed by atoms with Crippen molar-refractivity contribution in [2.75, 3.05) is 42.6 Å². The summed E-state index contributed by atoms with van der Waals surface area (Å²) in [5, 5.41) is 9.69. The topological polar surface area (TPSA) is 90.4 Å². The minimum Gasteiger partial charge on any atom is -0.494 e. The van der Waals surface area contributed by atoms with Crippen LogP contribution in [0.1, 0.15) is 37.8 Å². The summed E-state index contributed by atoms with van der Waals surface area (Å²) in [7, 11) is 0. The number of anilines is 2. The van der Waals surface area contributed by atoms with Gasteiger partial charge in [-0.3, -0.25) is 14.4 Å². The molecule has 3 heterocycles. The molecule has 0 aliphatic carbocycles. The molecule has 1 N–H and O–H groups in total. The molecule has 45 heavy (non-hydrogen) atoms. The Labute approximate surface area is 271 Å². The molecule has 6 atom stereocenters. The van der Waals surface area contributed by atoms with Crippen molar-refractivity contribution in [3.8, 4) is 5.75 Å². The lowest BCUT2D eigenvalue weighted by molar-refractivity contribution is -0.139. The predicted molar refractivity (Wildman–Crippen MR) is 181 cm³/mol. The highest BCUT2D eigenvalue weighted by Gasteiger charge is 2.76. The van der Waals surface area contributed by atoms with Crippen molar-refractivity contribution in [2.24, 2.45) is 17.8 Å². The van der Waals surface area contributed by atoms with Gasteiger partial charge in [-0.15, -0.1) is 24.9 Å². The van der Waals surface area contributed by atoms with Gasteiger partial charge in [0, 0.05) is 42.9 Å². The highest BCUT2D eigenvalue weighted by atomic mass is 32.2. The van der Waals surface area contributed by atoms with E-state index in [-0.39, 0.29) is 42.0 Å². The molecule has 240 valence electrons. The van der Waals surface area contributed by atoms with E-state index in [2.05, 4.69) is 20.1 Å². The van der Waals surface area contributed by atoms with Gasteiger partial charge in [-0.1, -0.05) is 37.3 Å². The first-order valence-electron chi connectivity index (χ1n) is 15.9. The highest BCUT2D eigenvalue weighted by molar-refractivity contribution is 8.02. The lowest BCUT2D eigenvalue weighted by Gasteiger charge is -2.41. The summed E-state index contributed by atoms with van der Waals surface area (Å²) in [6.07, 6.45) is 4.49. The number of benzene rings is 2. The van der Waals surface area contributed by atoms with Gasteiger partial charge in [0.15, 0.2) is 0 Å². The molecular formula is C36H45N3O5S. The molecule has 0 saturated carbocycles. The van der Waals surface area contributed by atoms with Crippen molar-refractivity contribution in [1.29, 1.82) is 0 Å². The molecule has 2 aromatic carbocycles. The summed E-state index contributed by atoms with van der Waals surface area (Å²) in [5.41, 5.74) is 3.46. The molecule has 0 radical (unpaired) electrons. The number of likely N-dealkylation sites (tertiary alicyclic amines) is 1. The highest BCUT2D eigenvalue weighted by Crippen LogP contribution is 2.69. The number of aliphatic hydroxyl groups is 1. The Kier molecular flexibility index (Phi) is 9.80. The van der Waals surface area contributed by atoms with Gasteiger partial charge in [-0.25, -0.2) is 0 Å². The van der Waals surface area contributed by atoms with Gasteiger partial charge in [0.1, 0.15) is 11.8 Å². The number of rotatable bonds is 13. The summed E-state index contributed by atoms with van der Waals surface area (Å²) in [5.74, 6) is -0.967. The summed E-state index contributed by atoms with van der Waals surface area (Å²) in [6.45, 7) is 17.1. The zero-order valence-corrected chi connectivity index (χ0v) is 27.6. The van der Waals surface area contributed by atoms with Gasteiger partial charge in [0.2, 0.25) is 11.8 Å². The number of carbonyl (C=O) groups is 3. The Morgan fingerprint density at radius 2 is 1.71 bits per heavy atom. The van der Waals surface area contributed by atoms with Crippen LogP contribution in [0.5, 0.6) is 5.75 Å². The van der Waals surface area contributed by atoms with Crippen LogP contribution in [0, 0.1) is 31.6 Å². The molecular weight excluding hydrogens is 586 g/mol. The van der Waals surface area contributed by atoms with Gasteiger partial charge in [0.25, 0.3) is 5.91 Å². The first-order valence-corrected chi connectivity index (χ1v) is 16.8. The second-order valence-corrected chi connectivity index (χ2v) is 13.9. The quantitative estimate of drug-likeness (QED) is 0.307. The molecule has 3 aliphatic heterocycles. The normalized spacial score (nSPS) is 26.5. The van der Waals surface area contributed by atoms with Crippen LogP contribution >= 0.6 is 11.8 Å². The van der Waals surface area contributed by atoms with Crippen molar-refractivity contribution >= 4 is 40.9 Å². The van der Waals surface area contributed by atoms with Crippen molar-refractivity contribution in [3.05, 3.63) is 78.9 Å². The fourth-order valence-electron chi connectivity index (χ4n) is 7.88. The summed E-state index contributed by atoms with van der Waals surface area (Å²) in [6, 6.07) is 12.6. The van der Waals surface area contributed by atoms with Gasteiger partial charge in [-0.05, 0) is 74.9 Å². The van der Waals surface area contributed by atoms with Crippen molar-refractivity contribution < 1.29 is 24.2 Å². The SMILES string of the molecule is C=CCN(C(=O)[C@@H]1[C@@H]2CC(C)C3(S2)C(C(=O)N(CC=C)c2c(C)cccc2C)N(CCCO)C(=O)[C@H]13)c1ccc(OCC)cc1. The van der Waals surface area contributed by atoms with Crippen molar-refractivity contribution in [1.82, 2.24) is 4.90 Å². The molecule has 2 bridgehead atoms. The van der Waals surface area contributed by atoms with Gasteiger partial charge >= 0.3 is 0 Å². The molecule has 3 unspecified atom stereocenters. The van der Waals surface area contributed by atoms with Crippen LogP contribution in [-0.2, 0) is 14.4 Å². The van der Waals surface area contributed by atoms with Crippen LogP contribution in [0.2, 0.25) is 0 Å². The van der Waals surface area contributed by atoms with E-state index >= 15 is 0 Å². The fraction of sp³-hybridized carbons (Fsp3) is 0.472. The van der Waals surface area contributed by atoms with E-state index < -0.39 is 22.6 Å². The Morgan fingerprint density at radius 1 is 1.07 bits per heavy atom. The number of aryl methyl sites for hydroxylation is 2. The first-order chi connectivity index (χ1) is 21.7. The Balaban J connectivity index is 1.58. The molecule has 8 nitrogen and oxygen atoms in total. The number of thioether (sulfide) groups is 1. The number of hydrogen-bond acceptors (Lipinski definition) is 6. The van der Waals surface area contributed by atoms with E-state index in [9.17, 15) is 19.5 Å². The minimum atomic E-state index is -0.776. The Morgan fingerprint density at radius 3 is 2.31 bits per heavy atom.